The van der Waals surface area contributed by atoms with E-state index in [0.29, 0.717) is 24.5 Å². The van der Waals surface area contributed by atoms with Crippen LogP contribution in [0.2, 0.25) is 0 Å². The van der Waals surface area contributed by atoms with Gasteiger partial charge in [-0.05, 0) is 31.5 Å². The van der Waals surface area contributed by atoms with Gasteiger partial charge in [-0.25, -0.2) is 4.98 Å². The molecular formula is C19H23N3O. The fraction of sp³-hybridized carbons (Fsp3) is 0.263. The molecule has 1 heterocycles. The second kappa shape index (κ2) is 8.13. The van der Waals surface area contributed by atoms with Crippen molar-refractivity contribution < 1.29 is 4.79 Å². The third-order valence-electron chi connectivity index (χ3n) is 3.51. The lowest BCUT2D eigenvalue weighted by molar-refractivity contribution is 0.0690. The zero-order valence-electron chi connectivity index (χ0n) is 13.7. The Bertz CT molecular complexity index is 653. The average Bonchev–Trinajstić information content (AvgIpc) is 2.58. The summed E-state index contributed by atoms with van der Waals surface area (Å²) in [5.74, 6) is 0.687. The molecular weight excluding hydrogens is 286 g/mol. The van der Waals surface area contributed by atoms with E-state index in [1.165, 1.54) is 0 Å². The van der Waals surface area contributed by atoms with Gasteiger partial charge in [0.2, 0.25) is 0 Å². The molecule has 4 heteroatoms. The van der Waals surface area contributed by atoms with Gasteiger partial charge in [-0.2, -0.15) is 0 Å². The third-order valence-corrected chi connectivity index (χ3v) is 3.51. The molecule has 0 fully saturated rings. The fourth-order valence-electron chi connectivity index (χ4n) is 2.27. The molecule has 2 aromatic rings. The predicted octanol–water partition coefficient (Wildman–Crippen LogP) is 3.73. The number of benzene rings is 1. The van der Waals surface area contributed by atoms with Crippen LogP contribution in [0.15, 0.2) is 61.3 Å². The minimum atomic E-state index is 0.00732. The van der Waals surface area contributed by atoms with Gasteiger partial charge >= 0.3 is 0 Å². The minimum absolute atomic E-state index is 0.00732. The summed E-state index contributed by atoms with van der Waals surface area (Å²) in [7, 11) is 0. The highest BCUT2D eigenvalue weighted by molar-refractivity contribution is 5.95. The van der Waals surface area contributed by atoms with E-state index in [1.54, 1.807) is 24.4 Å². The van der Waals surface area contributed by atoms with E-state index in [1.807, 2.05) is 49.1 Å². The zero-order valence-corrected chi connectivity index (χ0v) is 13.7. The third kappa shape index (κ3) is 4.68. The maximum Gasteiger partial charge on any atom is 0.254 e. The van der Waals surface area contributed by atoms with Crippen LogP contribution in [0.3, 0.4) is 0 Å². The number of pyridine rings is 1. The summed E-state index contributed by atoms with van der Waals surface area (Å²) in [6.45, 7) is 8.93. The second-order valence-electron chi connectivity index (χ2n) is 5.61. The van der Waals surface area contributed by atoms with E-state index in [4.69, 9.17) is 0 Å². The summed E-state index contributed by atoms with van der Waals surface area (Å²) < 4.78 is 0. The highest BCUT2D eigenvalue weighted by atomic mass is 16.2. The Labute approximate surface area is 137 Å². The molecule has 120 valence electrons. The summed E-state index contributed by atoms with van der Waals surface area (Å²) in [4.78, 5) is 18.9. The van der Waals surface area contributed by atoms with Gasteiger partial charge in [0.05, 0.1) is 0 Å². The normalized spacial score (nSPS) is 10.4. The quantitative estimate of drug-likeness (QED) is 0.793. The molecule has 1 aromatic carbocycles. The van der Waals surface area contributed by atoms with Gasteiger partial charge in [0.15, 0.2) is 0 Å². The molecule has 0 unspecified atom stereocenters. The Morgan fingerprint density at radius 3 is 2.70 bits per heavy atom. The van der Waals surface area contributed by atoms with Crippen LogP contribution >= 0.6 is 0 Å². The second-order valence-corrected chi connectivity index (χ2v) is 5.61. The van der Waals surface area contributed by atoms with E-state index >= 15 is 0 Å². The summed E-state index contributed by atoms with van der Waals surface area (Å²) in [5.41, 5.74) is 1.75. The lowest BCUT2D eigenvalue weighted by Crippen LogP contribution is -2.36. The van der Waals surface area contributed by atoms with Gasteiger partial charge in [0.25, 0.3) is 5.91 Å². The number of aromatic nitrogens is 1. The molecule has 23 heavy (non-hydrogen) atoms. The lowest BCUT2D eigenvalue weighted by atomic mass is 10.1. The van der Waals surface area contributed by atoms with Crippen molar-refractivity contribution in [2.75, 3.05) is 11.9 Å². The molecule has 0 atom stereocenters. The first-order valence-electron chi connectivity index (χ1n) is 7.77. The summed E-state index contributed by atoms with van der Waals surface area (Å²) in [5, 5.41) is 3.11. The number of amides is 1. The first kappa shape index (κ1) is 16.7. The standard InChI is InChI=1S/C19H23N3O/c1-4-11-20-18-13-17(10-12-21-18)19(23)22(15(2)3)14-16-8-6-5-7-9-16/h4-10,12-13,15H,1,11,14H2,2-3H3,(H,20,21). The van der Waals surface area contributed by atoms with Gasteiger partial charge < -0.3 is 10.2 Å². The fourth-order valence-corrected chi connectivity index (χ4v) is 2.27. The van der Waals surface area contributed by atoms with Crippen molar-refractivity contribution in [3.05, 3.63) is 72.4 Å². The van der Waals surface area contributed by atoms with Crippen molar-refractivity contribution in [2.24, 2.45) is 0 Å². The number of hydrogen-bond acceptors (Lipinski definition) is 3. The number of anilines is 1. The molecule has 1 N–H and O–H groups in total. The van der Waals surface area contributed by atoms with Crippen LogP contribution in [0.5, 0.6) is 0 Å². The van der Waals surface area contributed by atoms with Crippen LogP contribution in [0, 0.1) is 0 Å². The predicted molar refractivity (Wildman–Crippen MR) is 94.4 cm³/mol. The van der Waals surface area contributed by atoms with E-state index in [9.17, 15) is 4.79 Å². The summed E-state index contributed by atoms with van der Waals surface area (Å²) >= 11 is 0. The number of rotatable bonds is 7. The Morgan fingerprint density at radius 2 is 2.04 bits per heavy atom. The number of nitrogens with zero attached hydrogens (tertiary/aromatic N) is 2. The number of carbonyl (C=O) groups is 1. The van der Waals surface area contributed by atoms with Crippen molar-refractivity contribution in [1.82, 2.24) is 9.88 Å². The van der Waals surface area contributed by atoms with Gasteiger partial charge in [-0.3, -0.25) is 4.79 Å². The lowest BCUT2D eigenvalue weighted by Gasteiger charge is -2.27. The van der Waals surface area contributed by atoms with Crippen molar-refractivity contribution in [2.45, 2.75) is 26.4 Å². The van der Waals surface area contributed by atoms with Gasteiger partial charge in [-0.15, -0.1) is 6.58 Å². The van der Waals surface area contributed by atoms with Crippen LogP contribution in [0.1, 0.15) is 29.8 Å². The molecule has 0 saturated carbocycles. The van der Waals surface area contributed by atoms with Gasteiger partial charge in [0.1, 0.15) is 5.82 Å². The van der Waals surface area contributed by atoms with Crippen molar-refractivity contribution in [3.8, 4) is 0 Å². The van der Waals surface area contributed by atoms with E-state index < -0.39 is 0 Å². The molecule has 0 radical (unpaired) electrons. The highest BCUT2D eigenvalue weighted by Crippen LogP contribution is 2.15. The highest BCUT2D eigenvalue weighted by Gasteiger charge is 2.19. The van der Waals surface area contributed by atoms with Crippen molar-refractivity contribution in [1.29, 1.82) is 0 Å². The van der Waals surface area contributed by atoms with E-state index in [0.717, 1.165) is 5.56 Å². The topological polar surface area (TPSA) is 45.2 Å². The van der Waals surface area contributed by atoms with E-state index in [-0.39, 0.29) is 11.9 Å². The SMILES string of the molecule is C=CCNc1cc(C(=O)N(Cc2ccccc2)C(C)C)ccn1. The maximum absolute atomic E-state index is 12.9. The average molecular weight is 309 g/mol. The number of hydrogen-bond donors (Lipinski definition) is 1. The number of carbonyl (C=O) groups excluding carboxylic acids is 1. The summed E-state index contributed by atoms with van der Waals surface area (Å²) in [6.07, 6.45) is 3.41. The minimum Gasteiger partial charge on any atom is -0.367 e. The van der Waals surface area contributed by atoms with Crippen LogP contribution in [-0.2, 0) is 6.54 Å². The molecule has 0 spiro atoms. The summed E-state index contributed by atoms with van der Waals surface area (Å²) in [6, 6.07) is 13.7. The van der Waals surface area contributed by atoms with E-state index in [2.05, 4.69) is 16.9 Å². The molecule has 4 nitrogen and oxygen atoms in total. The molecule has 0 aliphatic carbocycles. The molecule has 0 aliphatic heterocycles. The monoisotopic (exact) mass is 309 g/mol. The van der Waals surface area contributed by atoms with Gasteiger partial charge in [-0.1, -0.05) is 36.4 Å². The molecule has 1 amide bonds. The van der Waals surface area contributed by atoms with Gasteiger partial charge in [0, 0.05) is 30.9 Å². The van der Waals surface area contributed by atoms with Crippen LogP contribution in [0.25, 0.3) is 0 Å². The Balaban J connectivity index is 2.19. The zero-order chi connectivity index (χ0) is 16.7. The van der Waals surface area contributed by atoms with Crippen LogP contribution < -0.4 is 5.32 Å². The first-order chi connectivity index (χ1) is 11.1. The van der Waals surface area contributed by atoms with Crippen LogP contribution in [0.4, 0.5) is 5.82 Å². The van der Waals surface area contributed by atoms with Crippen molar-refractivity contribution in [3.63, 3.8) is 0 Å². The Kier molecular flexibility index (Phi) is 5.92. The molecule has 1 aromatic heterocycles. The van der Waals surface area contributed by atoms with Crippen molar-refractivity contribution >= 4 is 11.7 Å². The largest absolute Gasteiger partial charge is 0.367 e. The van der Waals surface area contributed by atoms with Crippen LogP contribution in [-0.4, -0.2) is 28.4 Å². The Morgan fingerprint density at radius 1 is 1.30 bits per heavy atom. The molecule has 2 rings (SSSR count). The smallest absolute Gasteiger partial charge is 0.254 e. The first-order valence-corrected chi connectivity index (χ1v) is 7.77. The maximum atomic E-state index is 12.9. The molecule has 0 saturated heterocycles. The molecule has 0 aliphatic rings. The molecule has 0 bridgehead atoms. The Hall–Kier alpha value is -2.62. The number of nitrogens with one attached hydrogen (secondary N) is 1.